The summed E-state index contributed by atoms with van der Waals surface area (Å²) in [5.41, 5.74) is 3.42. The number of hydrogen-bond acceptors (Lipinski definition) is 2. The molecule has 1 amide bonds. The molecule has 3 nitrogen and oxygen atoms in total. The molecule has 0 fully saturated rings. The van der Waals surface area contributed by atoms with Gasteiger partial charge in [0.05, 0.1) is 5.56 Å². The molecule has 1 heterocycles. The molecule has 0 atom stereocenters. The Balaban J connectivity index is 1.79. The van der Waals surface area contributed by atoms with Gasteiger partial charge in [0.2, 0.25) is 5.91 Å². The molecule has 3 rings (SSSR count). The van der Waals surface area contributed by atoms with Gasteiger partial charge in [-0.15, -0.1) is 0 Å². The first-order valence-corrected chi connectivity index (χ1v) is 9.41. The highest BCUT2D eigenvalue weighted by atomic mass is 19.4. The fraction of sp³-hybridized carbons (Fsp3) is 0.167. The number of alkyl halides is 3. The van der Waals surface area contributed by atoms with Crippen molar-refractivity contribution in [1.82, 2.24) is 4.98 Å². The molecule has 0 spiro atoms. The molecule has 3 aromatic rings. The van der Waals surface area contributed by atoms with Crippen molar-refractivity contribution in [3.05, 3.63) is 96.3 Å². The molecular weight excluding hydrogens is 389 g/mol. The molecule has 30 heavy (non-hydrogen) atoms. The van der Waals surface area contributed by atoms with Crippen molar-refractivity contribution >= 4 is 11.6 Å². The second-order valence-electron chi connectivity index (χ2n) is 6.81. The topological polar surface area (TPSA) is 33.2 Å². The SMILES string of the molecule is C=CC(=O)N(CCc1cccnc1C)c1ccc(-c2ccc(C(F)(F)F)cc2)cc1. The Hall–Kier alpha value is -3.41. The van der Waals surface area contributed by atoms with Crippen LogP contribution in [0.25, 0.3) is 11.1 Å². The average Bonchev–Trinajstić information content (AvgIpc) is 2.75. The standard InChI is InChI=1S/C24H21F3N2O/c1-3-23(30)29(16-14-18-5-4-15-28-17(18)2)22-12-8-20(9-13-22)19-6-10-21(11-7-19)24(25,26)27/h3-13,15H,1,14,16H2,2H3. The van der Waals surface area contributed by atoms with E-state index in [9.17, 15) is 18.0 Å². The van der Waals surface area contributed by atoms with Crippen LogP contribution in [0.5, 0.6) is 0 Å². The maximum atomic E-state index is 12.7. The Bertz CT molecular complexity index is 1030. The van der Waals surface area contributed by atoms with Crippen LogP contribution in [0.15, 0.2) is 79.5 Å². The van der Waals surface area contributed by atoms with Crippen molar-refractivity contribution in [1.29, 1.82) is 0 Å². The molecule has 0 radical (unpaired) electrons. The van der Waals surface area contributed by atoms with E-state index < -0.39 is 11.7 Å². The van der Waals surface area contributed by atoms with Gasteiger partial charge in [-0.2, -0.15) is 13.2 Å². The minimum Gasteiger partial charge on any atom is -0.309 e. The summed E-state index contributed by atoms with van der Waals surface area (Å²) in [4.78, 5) is 18.3. The normalized spacial score (nSPS) is 11.2. The largest absolute Gasteiger partial charge is 0.416 e. The summed E-state index contributed by atoms with van der Waals surface area (Å²) in [5.74, 6) is -0.223. The fourth-order valence-electron chi connectivity index (χ4n) is 3.18. The maximum absolute atomic E-state index is 12.7. The van der Waals surface area contributed by atoms with E-state index in [2.05, 4.69) is 11.6 Å². The van der Waals surface area contributed by atoms with E-state index in [1.54, 1.807) is 35.4 Å². The van der Waals surface area contributed by atoms with Crippen molar-refractivity contribution in [2.75, 3.05) is 11.4 Å². The van der Waals surface area contributed by atoms with Crippen LogP contribution in [0.4, 0.5) is 18.9 Å². The first kappa shape index (κ1) is 21.3. The number of nitrogens with zero attached hydrogens (tertiary/aromatic N) is 2. The number of benzene rings is 2. The van der Waals surface area contributed by atoms with E-state index in [4.69, 9.17) is 0 Å². The lowest BCUT2D eigenvalue weighted by Crippen LogP contribution is -2.31. The summed E-state index contributed by atoms with van der Waals surface area (Å²) in [6, 6.07) is 16.0. The summed E-state index contributed by atoms with van der Waals surface area (Å²) >= 11 is 0. The second-order valence-corrected chi connectivity index (χ2v) is 6.81. The van der Waals surface area contributed by atoms with Gasteiger partial charge in [-0.3, -0.25) is 9.78 Å². The van der Waals surface area contributed by atoms with Crippen LogP contribution in [-0.2, 0) is 17.4 Å². The number of hydrogen-bond donors (Lipinski definition) is 0. The molecule has 6 heteroatoms. The molecular formula is C24H21F3N2O. The highest BCUT2D eigenvalue weighted by molar-refractivity contribution is 6.01. The minimum atomic E-state index is -4.36. The Kier molecular flexibility index (Phi) is 6.35. The first-order chi connectivity index (χ1) is 14.3. The number of carbonyl (C=O) groups is 1. The van der Waals surface area contributed by atoms with Crippen LogP contribution >= 0.6 is 0 Å². The third kappa shape index (κ3) is 4.95. The van der Waals surface area contributed by atoms with Gasteiger partial charge in [0, 0.05) is 24.1 Å². The van der Waals surface area contributed by atoms with Gasteiger partial charge in [-0.25, -0.2) is 0 Å². The first-order valence-electron chi connectivity index (χ1n) is 9.41. The number of amides is 1. The Morgan fingerprint density at radius 2 is 1.63 bits per heavy atom. The van der Waals surface area contributed by atoms with E-state index in [0.717, 1.165) is 29.0 Å². The van der Waals surface area contributed by atoms with Crippen LogP contribution < -0.4 is 4.90 Å². The highest BCUT2D eigenvalue weighted by Crippen LogP contribution is 2.31. The van der Waals surface area contributed by atoms with E-state index in [-0.39, 0.29) is 5.91 Å². The molecule has 0 N–H and O–H groups in total. The summed E-state index contributed by atoms with van der Waals surface area (Å²) in [5, 5.41) is 0. The van der Waals surface area contributed by atoms with Gasteiger partial charge in [0.1, 0.15) is 0 Å². The Labute approximate surface area is 173 Å². The molecule has 0 aliphatic rings. The molecule has 0 aliphatic carbocycles. The smallest absolute Gasteiger partial charge is 0.309 e. The lowest BCUT2D eigenvalue weighted by atomic mass is 10.0. The molecule has 154 valence electrons. The number of carbonyl (C=O) groups excluding carboxylic acids is 1. The third-order valence-corrected chi connectivity index (χ3v) is 4.89. The zero-order chi connectivity index (χ0) is 21.7. The zero-order valence-electron chi connectivity index (χ0n) is 16.5. The highest BCUT2D eigenvalue weighted by Gasteiger charge is 2.29. The summed E-state index contributed by atoms with van der Waals surface area (Å²) in [6.45, 7) is 5.96. The molecule has 0 saturated carbocycles. The maximum Gasteiger partial charge on any atom is 0.416 e. The molecule has 1 aromatic heterocycles. The predicted octanol–water partition coefficient (Wildman–Crippen LogP) is 5.84. The van der Waals surface area contributed by atoms with Crippen molar-refractivity contribution in [3.8, 4) is 11.1 Å². The van der Waals surface area contributed by atoms with Crippen LogP contribution in [-0.4, -0.2) is 17.4 Å². The van der Waals surface area contributed by atoms with Gasteiger partial charge in [0.15, 0.2) is 0 Å². The van der Waals surface area contributed by atoms with Gasteiger partial charge in [-0.05, 0) is 66.4 Å². The van der Waals surface area contributed by atoms with E-state index in [1.165, 1.54) is 18.2 Å². The zero-order valence-corrected chi connectivity index (χ0v) is 16.5. The number of anilines is 1. The van der Waals surface area contributed by atoms with Crippen LogP contribution in [0.3, 0.4) is 0 Å². The fourth-order valence-corrected chi connectivity index (χ4v) is 3.18. The Morgan fingerprint density at radius 3 is 2.17 bits per heavy atom. The van der Waals surface area contributed by atoms with Gasteiger partial charge >= 0.3 is 6.18 Å². The van der Waals surface area contributed by atoms with Crippen molar-refractivity contribution in [3.63, 3.8) is 0 Å². The molecule has 2 aromatic carbocycles. The monoisotopic (exact) mass is 410 g/mol. The lowest BCUT2D eigenvalue weighted by molar-refractivity contribution is -0.137. The predicted molar refractivity (Wildman–Crippen MR) is 112 cm³/mol. The van der Waals surface area contributed by atoms with Crippen LogP contribution in [0.2, 0.25) is 0 Å². The van der Waals surface area contributed by atoms with Crippen molar-refractivity contribution < 1.29 is 18.0 Å². The second kappa shape index (κ2) is 8.95. The van der Waals surface area contributed by atoms with Crippen LogP contribution in [0.1, 0.15) is 16.8 Å². The Morgan fingerprint density at radius 1 is 1.03 bits per heavy atom. The summed E-state index contributed by atoms with van der Waals surface area (Å²) < 4.78 is 38.2. The number of pyridine rings is 1. The average molecular weight is 410 g/mol. The number of aromatic nitrogens is 1. The summed E-state index contributed by atoms with van der Waals surface area (Å²) in [7, 11) is 0. The molecule has 0 aliphatic heterocycles. The molecule has 0 bridgehead atoms. The van der Waals surface area contributed by atoms with Gasteiger partial charge < -0.3 is 4.90 Å². The van der Waals surface area contributed by atoms with Crippen molar-refractivity contribution in [2.24, 2.45) is 0 Å². The van der Waals surface area contributed by atoms with E-state index in [0.29, 0.717) is 24.2 Å². The third-order valence-electron chi connectivity index (χ3n) is 4.89. The lowest BCUT2D eigenvalue weighted by Gasteiger charge is -2.22. The number of halogens is 3. The van der Waals surface area contributed by atoms with Gasteiger partial charge in [0.25, 0.3) is 0 Å². The van der Waals surface area contributed by atoms with Crippen LogP contribution in [0, 0.1) is 6.92 Å². The number of rotatable bonds is 6. The van der Waals surface area contributed by atoms with Gasteiger partial charge in [-0.1, -0.05) is 36.9 Å². The van der Waals surface area contributed by atoms with E-state index in [1.807, 2.05) is 19.1 Å². The molecule has 0 saturated heterocycles. The minimum absolute atomic E-state index is 0.223. The van der Waals surface area contributed by atoms with Crippen molar-refractivity contribution in [2.45, 2.75) is 19.5 Å². The van der Waals surface area contributed by atoms with E-state index >= 15 is 0 Å². The quantitative estimate of drug-likeness (QED) is 0.479. The summed E-state index contributed by atoms with van der Waals surface area (Å²) in [6.07, 6.45) is -0.730. The number of aryl methyl sites for hydroxylation is 1. The molecule has 0 unspecified atom stereocenters.